The van der Waals surface area contributed by atoms with Gasteiger partial charge in [0.25, 0.3) is 5.91 Å². The summed E-state index contributed by atoms with van der Waals surface area (Å²) >= 11 is 1.42. The maximum atomic E-state index is 12.7. The number of nitrogens with one attached hydrogen (secondary N) is 2. The quantitative estimate of drug-likeness (QED) is 0.474. The highest BCUT2D eigenvalue weighted by atomic mass is 32.1. The van der Waals surface area contributed by atoms with Gasteiger partial charge in [0.1, 0.15) is 7.85 Å². The third kappa shape index (κ3) is 4.75. The minimum atomic E-state index is -0.0882. The molecule has 0 radical (unpaired) electrons. The lowest BCUT2D eigenvalue weighted by molar-refractivity contribution is 0.0944. The fourth-order valence-electron chi connectivity index (χ4n) is 3.10. The minimum Gasteiger partial charge on any atom is -0.345 e. The Labute approximate surface area is 180 Å². The smallest absolute Gasteiger partial charge is 0.261 e. The van der Waals surface area contributed by atoms with Gasteiger partial charge in [-0.25, -0.2) is 9.97 Å². The average Bonchev–Trinajstić information content (AvgIpc) is 3.25. The molecule has 0 aliphatic heterocycles. The van der Waals surface area contributed by atoms with Crippen LogP contribution < -0.4 is 16.1 Å². The summed E-state index contributed by atoms with van der Waals surface area (Å²) in [6.07, 6.45) is 1.72. The number of hydrogen-bond acceptors (Lipinski definition) is 5. The van der Waals surface area contributed by atoms with Crippen LogP contribution in [0.25, 0.3) is 10.6 Å². The predicted molar refractivity (Wildman–Crippen MR) is 126 cm³/mol. The molecule has 30 heavy (non-hydrogen) atoms. The van der Waals surface area contributed by atoms with E-state index in [4.69, 9.17) is 0 Å². The van der Waals surface area contributed by atoms with Gasteiger partial charge in [0.05, 0.1) is 21.5 Å². The van der Waals surface area contributed by atoms with Crippen LogP contribution in [-0.4, -0.2) is 23.7 Å². The van der Waals surface area contributed by atoms with Crippen molar-refractivity contribution in [3.8, 4) is 10.6 Å². The molecule has 1 atom stereocenters. The van der Waals surface area contributed by atoms with E-state index in [-0.39, 0.29) is 11.9 Å². The zero-order valence-corrected chi connectivity index (χ0v) is 17.6. The van der Waals surface area contributed by atoms with E-state index < -0.39 is 0 Å². The second-order valence-electron chi connectivity index (χ2n) is 7.03. The molecule has 4 aromatic rings. The van der Waals surface area contributed by atoms with Crippen molar-refractivity contribution in [2.45, 2.75) is 13.0 Å². The first-order valence-corrected chi connectivity index (χ1v) is 10.5. The van der Waals surface area contributed by atoms with Crippen molar-refractivity contribution in [2.24, 2.45) is 0 Å². The van der Waals surface area contributed by atoms with Gasteiger partial charge in [0.2, 0.25) is 5.95 Å². The summed E-state index contributed by atoms with van der Waals surface area (Å²) in [5, 5.41) is 6.28. The van der Waals surface area contributed by atoms with Crippen LogP contribution in [0.5, 0.6) is 0 Å². The Morgan fingerprint density at radius 2 is 1.87 bits per heavy atom. The molecule has 0 spiro atoms. The van der Waals surface area contributed by atoms with Crippen molar-refractivity contribution in [2.75, 3.05) is 5.32 Å². The van der Waals surface area contributed by atoms with Gasteiger partial charge in [-0.2, -0.15) is 0 Å². The van der Waals surface area contributed by atoms with E-state index in [0.717, 1.165) is 27.3 Å². The molecular weight excluding hydrogens is 391 g/mol. The molecule has 0 bridgehead atoms. The highest BCUT2D eigenvalue weighted by Crippen LogP contribution is 2.28. The van der Waals surface area contributed by atoms with Crippen molar-refractivity contribution >= 4 is 42.2 Å². The molecule has 7 heteroatoms. The molecule has 0 saturated heterocycles. The van der Waals surface area contributed by atoms with E-state index in [2.05, 4.69) is 20.6 Å². The number of nitrogens with zero attached hydrogens (tertiary/aromatic N) is 2. The third-order valence-corrected chi connectivity index (χ3v) is 5.77. The number of benzene rings is 2. The Balaban J connectivity index is 1.47. The van der Waals surface area contributed by atoms with Crippen LogP contribution in [0, 0.1) is 0 Å². The molecule has 5 nitrogen and oxygen atoms in total. The van der Waals surface area contributed by atoms with Crippen molar-refractivity contribution in [3.05, 3.63) is 89.4 Å². The lowest BCUT2D eigenvalue weighted by Gasteiger charge is -2.13. The van der Waals surface area contributed by atoms with Crippen molar-refractivity contribution in [1.29, 1.82) is 0 Å². The number of thiophene rings is 1. The Bertz CT molecular complexity index is 1160. The highest BCUT2D eigenvalue weighted by molar-refractivity contribution is 7.17. The number of aromatic nitrogens is 2. The van der Waals surface area contributed by atoms with Gasteiger partial charge in [-0.15, -0.1) is 11.3 Å². The van der Waals surface area contributed by atoms with E-state index >= 15 is 0 Å². The van der Waals surface area contributed by atoms with Gasteiger partial charge in [-0.1, -0.05) is 47.9 Å². The molecule has 2 aromatic heterocycles. The first kappa shape index (κ1) is 19.9. The van der Waals surface area contributed by atoms with Gasteiger partial charge in [0.15, 0.2) is 0 Å². The summed E-state index contributed by atoms with van der Waals surface area (Å²) in [5.74, 6) is 0.435. The van der Waals surface area contributed by atoms with Gasteiger partial charge >= 0.3 is 0 Å². The fraction of sp³-hybridized carbons (Fsp3) is 0.0870. The minimum absolute atomic E-state index is 0.0616. The van der Waals surface area contributed by atoms with Crippen molar-refractivity contribution in [1.82, 2.24) is 15.3 Å². The van der Waals surface area contributed by atoms with Crippen LogP contribution in [0.1, 0.15) is 28.2 Å². The van der Waals surface area contributed by atoms with Crippen LogP contribution in [-0.2, 0) is 0 Å². The van der Waals surface area contributed by atoms with Gasteiger partial charge < -0.3 is 10.6 Å². The van der Waals surface area contributed by atoms with Gasteiger partial charge in [-0.05, 0) is 42.8 Å². The SMILES string of the molecule is Bc1cccc(Nc2nccc(-c3ccc(C(=O)NC(C)c4ccccc4)s3)n2)c1. The summed E-state index contributed by atoms with van der Waals surface area (Å²) in [6, 6.07) is 23.5. The summed E-state index contributed by atoms with van der Waals surface area (Å²) in [6.45, 7) is 1.98. The lowest BCUT2D eigenvalue weighted by Crippen LogP contribution is -2.25. The molecule has 2 heterocycles. The first-order valence-electron chi connectivity index (χ1n) is 9.71. The normalized spacial score (nSPS) is 11.6. The van der Waals surface area contributed by atoms with Crippen LogP contribution >= 0.6 is 11.3 Å². The van der Waals surface area contributed by atoms with E-state index in [1.807, 2.05) is 87.6 Å². The first-order chi connectivity index (χ1) is 14.6. The lowest BCUT2D eigenvalue weighted by atomic mass is 9.96. The molecule has 0 aliphatic rings. The zero-order chi connectivity index (χ0) is 20.9. The maximum Gasteiger partial charge on any atom is 0.261 e. The Morgan fingerprint density at radius 3 is 2.67 bits per heavy atom. The number of carbonyl (C=O) groups excluding carboxylic acids is 1. The zero-order valence-electron chi connectivity index (χ0n) is 16.8. The molecular formula is C23H21BN4OS. The molecule has 2 aromatic carbocycles. The third-order valence-electron chi connectivity index (χ3n) is 4.66. The Kier molecular flexibility index (Phi) is 5.91. The topological polar surface area (TPSA) is 66.9 Å². The number of carbonyl (C=O) groups is 1. The molecule has 148 valence electrons. The molecule has 1 unspecified atom stereocenters. The van der Waals surface area contributed by atoms with Crippen molar-refractivity contribution in [3.63, 3.8) is 0 Å². The van der Waals surface area contributed by atoms with Crippen molar-refractivity contribution < 1.29 is 4.79 Å². The van der Waals surface area contributed by atoms with E-state index in [0.29, 0.717) is 10.8 Å². The fourth-order valence-corrected chi connectivity index (χ4v) is 3.98. The molecule has 4 rings (SSSR count). The number of anilines is 2. The van der Waals surface area contributed by atoms with Crippen LogP contribution in [0.3, 0.4) is 0 Å². The summed E-state index contributed by atoms with van der Waals surface area (Å²) < 4.78 is 0. The molecule has 0 fully saturated rings. The summed E-state index contributed by atoms with van der Waals surface area (Å²) in [7, 11) is 2.04. The molecule has 2 N–H and O–H groups in total. The van der Waals surface area contributed by atoms with E-state index in [9.17, 15) is 4.79 Å². The highest BCUT2D eigenvalue weighted by Gasteiger charge is 2.15. The largest absolute Gasteiger partial charge is 0.345 e. The second kappa shape index (κ2) is 8.92. The average molecular weight is 412 g/mol. The monoisotopic (exact) mass is 412 g/mol. The number of amides is 1. The van der Waals surface area contributed by atoms with Gasteiger partial charge in [0, 0.05) is 11.9 Å². The van der Waals surface area contributed by atoms with Crippen LogP contribution in [0.15, 0.2) is 79.0 Å². The van der Waals surface area contributed by atoms with E-state index in [1.54, 1.807) is 6.20 Å². The van der Waals surface area contributed by atoms with Gasteiger partial charge in [-0.3, -0.25) is 4.79 Å². The van der Waals surface area contributed by atoms with E-state index in [1.165, 1.54) is 11.3 Å². The molecule has 0 aliphatic carbocycles. The number of hydrogen-bond donors (Lipinski definition) is 2. The standard InChI is InChI=1S/C23H21BN4OS/c1-15(16-6-3-2-4-7-16)26-22(29)21-11-10-20(30-21)19-12-13-25-23(28-19)27-18-9-5-8-17(24)14-18/h2-15H,24H2,1H3,(H,26,29)(H,25,27,28). The maximum absolute atomic E-state index is 12.7. The Hall–Kier alpha value is -3.45. The summed E-state index contributed by atoms with van der Waals surface area (Å²) in [5.41, 5.74) is 3.95. The Morgan fingerprint density at radius 1 is 1.03 bits per heavy atom. The van der Waals surface area contributed by atoms with Crippen LogP contribution in [0.4, 0.5) is 11.6 Å². The molecule has 0 saturated carbocycles. The second-order valence-corrected chi connectivity index (χ2v) is 8.11. The predicted octanol–water partition coefficient (Wildman–Crippen LogP) is 3.70. The van der Waals surface area contributed by atoms with Crippen LogP contribution in [0.2, 0.25) is 0 Å². The summed E-state index contributed by atoms with van der Waals surface area (Å²) in [4.78, 5) is 23.2. The molecule has 1 amide bonds. The number of rotatable bonds is 6.